The van der Waals surface area contributed by atoms with Crippen molar-refractivity contribution in [2.45, 2.75) is 20.0 Å². The van der Waals surface area contributed by atoms with E-state index >= 15 is 0 Å². The van der Waals surface area contributed by atoms with E-state index in [9.17, 15) is 0 Å². The summed E-state index contributed by atoms with van der Waals surface area (Å²) in [7, 11) is 0. The van der Waals surface area contributed by atoms with E-state index in [-0.39, 0.29) is 11.4 Å². The van der Waals surface area contributed by atoms with Gasteiger partial charge in [-0.1, -0.05) is 0 Å². The Morgan fingerprint density at radius 3 is 2.93 bits per heavy atom. The Labute approximate surface area is 90.7 Å². The lowest BCUT2D eigenvalue weighted by atomic mass is 10.4. The van der Waals surface area contributed by atoms with Crippen LogP contribution < -0.4 is 4.74 Å². The van der Waals surface area contributed by atoms with Gasteiger partial charge < -0.3 is 4.74 Å². The van der Waals surface area contributed by atoms with E-state index in [1.54, 1.807) is 0 Å². The zero-order chi connectivity index (χ0) is 10.1. The van der Waals surface area contributed by atoms with Gasteiger partial charge in [0, 0.05) is 0 Å². The van der Waals surface area contributed by atoms with Gasteiger partial charge in [-0.3, -0.25) is 0 Å². The third-order valence-electron chi connectivity index (χ3n) is 1.61. The van der Waals surface area contributed by atoms with Crippen LogP contribution in [0, 0.1) is 0 Å². The van der Waals surface area contributed by atoms with Gasteiger partial charge in [0.05, 0.1) is 11.5 Å². The second-order valence-electron chi connectivity index (χ2n) is 3.10. The molecule has 0 N–H and O–H groups in total. The van der Waals surface area contributed by atoms with Crippen LogP contribution in [0.15, 0.2) is 11.4 Å². The van der Waals surface area contributed by atoms with Gasteiger partial charge in [0.25, 0.3) is 0 Å². The Morgan fingerprint density at radius 2 is 2.21 bits per heavy atom. The Kier molecular flexibility index (Phi) is 2.56. The molecule has 3 nitrogen and oxygen atoms in total. The van der Waals surface area contributed by atoms with E-state index in [4.69, 9.17) is 16.3 Å². The van der Waals surface area contributed by atoms with Crippen LogP contribution in [0.3, 0.4) is 0 Å². The van der Waals surface area contributed by atoms with Crippen LogP contribution >= 0.6 is 22.9 Å². The van der Waals surface area contributed by atoms with Crippen molar-refractivity contribution in [3.05, 3.63) is 16.7 Å². The molecule has 0 aliphatic heterocycles. The Balaban J connectivity index is 2.55. The molecule has 2 heterocycles. The predicted molar refractivity (Wildman–Crippen MR) is 58.2 cm³/mol. The third kappa shape index (κ3) is 1.81. The normalized spacial score (nSPS) is 11.1. The zero-order valence-corrected chi connectivity index (χ0v) is 9.39. The largest absolute Gasteiger partial charge is 0.474 e. The molecule has 0 radical (unpaired) electrons. The molecule has 0 aromatic carbocycles. The first-order chi connectivity index (χ1) is 6.66. The number of hydrogen-bond acceptors (Lipinski definition) is 4. The summed E-state index contributed by atoms with van der Waals surface area (Å²) in [5.41, 5.74) is 0. The SMILES string of the molecule is CC(C)Oc1nc(Cl)nc2sccc12. The van der Waals surface area contributed by atoms with Gasteiger partial charge in [-0.25, -0.2) is 4.98 Å². The predicted octanol–water partition coefficient (Wildman–Crippen LogP) is 3.13. The van der Waals surface area contributed by atoms with Crippen molar-refractivity contribution in [1.82, 2.24) is 9.97 Å². The summed E-state index contributed by atoms with van der Waals surface area (Å²) in [4.78, 5) is 9.01. The van der Waals surface area contributed by atoms with Crippen LogP contribution in [0.5, 0.6) is 5.88 Å². The van der Waals surface area contributed by atoms with Gasteiger partial charge in [0.15, 0.2) is 0 Å². The first kappa shape index (κ1) is 9.68. The van der Waals surface area contributed by atoms with Gasteiger partial charge in [-0.15, -0.1) is 11.3 Å². The molecule has 2 aromatic heterocycles. The fourth-order valence-electron chi connectivity index (χ4n) is 1.12. The second kappa shape index (κ2) is 3.71. The van der Waals surface area contributed by atoms with Gasteiger partial charge in [-0.2, -0.15) is 4.98 Å². The summed E-state index contributed by atoms with van der Waals surface area (Å²) in [6, 6.07) is 1.94. The van der Waals surface area contributed by atoms with Crippen molar-refractivity contribution in [3.63, 3.8) is 0 Å². The molecular formula is C9H9ClN2OS. The van der Waals surface area contributed by atoms with E-state index in [1.807, 2.05) is 25.3 Å². The highest BCUT2D eigenvalue weighted by Gasteiger charge is 2.09. The van der Waals surface area contributed by atoms with Crippen LogP contribution in [0.25, 0.3) is 10.2 Å². The first-order valence-electron chi connectivity index (χ1n) is 4.24. The lowest BCUT2D eigenvalue weighted by Gasteiger charge is -2.09. The molecule has 0 bridgehead atoms. The number of halogens is 1. The van der Waals surface area contributed by atoms with Crippen molar-refractivity contribution in [1.29, 1.82) is 0 Å². The molecule has 0 atom stereocenters. The molecule has 0 aliphatic rings. The number of hydrogen-bond donors (Lipinski definition) is 0. The quantitative estimate of drug-likeness (QED) is 0.741. The maximum absolute atomic E-state index is 5.77. The maximum Gasteiger partial charge on any atom is 0.227 e. The molecule has 0 saturated carbocycles. The average molecular weight is 229 g/mol. The van der Waals surface area contributed by atoms with Gasteiger partial charge in [0.1, 0.15) is 4.83 Å². The number of ether oxygens (including phenoxy) is 1. The molecule has 2 aromatic rings. The minimum absolute atomic E-state index is 0.0871. The fraction of sp³-hybridized carbons (Fsp3) is 0.333. The summed E-state index contributed by atoms with van der Waals surface area (Å²) in [6.07, 6.45) is 0.0871. The van der Waals surface area contributed by atoms with Crippen LogP contribution in [0.4, 0.5) is 0 Å². The number of aromatic nitrogens is 2. The minimum atomic E-state index is 0.0871. The average Bonchev–Trinajstić information content (AvgIpc) is 2.50. The highest BCUT2D eigenvalue weighted by molar-refractivity contribution is 7.16. The topological polar surface area (TPSA) is 35.0 Å². The lowest BCUT2D eigenvalue weighted by Crippen LogP contribution is -2.07. The highest BCUT2D eigenvalue weighted by atomic mass is 35.5. The van der Waals surface area contributed by atoms with Crippen LogP contribution in [-0.4, -0.2) is 16.1 Å². The molecule has 0 spiro atoms. The van der Waals surface area contributed by atoms with E-state index in [1.165, 1.54) is 11.3 Å². The number of rotatable bonds is 2. The summed E-state index contributed by atoms with van der Waals surface area (Å²) in [6.45, 7) is 3.91. The number of thiophene rings is 1. The molecule has 5 heteroatoms. The van der Waals surface area contributed by atoms with E-state index in [0.717, 1.165) is 10.2 Å². The van der Waals surface area contributed by atoms with Gasteiger partial charge >= 0.3 is 0 Å². The number of nitrogens with zero attached hydrogens (tertiary/aromatic N) is 2. The summed E-state index contributed by atoms with van der Waals surface area (Å²) < 4.78 is 5.54. The van der Waals surface area contributed by atoms with E-state index in [2.05, 4.69) is 9.97 Å². The van der Waals surface area contributed by atoms with E-state index in [0.29, 0.717) is 5.88 Å². The third-order valence-corrected chi connectivity index (χ3v) is 2.59. The molecule has 0 saturated heterocycles. The summed E-state index contributed by atoms with van der Waals surface area (Å²) in [5, 5.41) is 3.10. The van der Waals surface area contributed by atoms with Crippen LogP contribution in [0.2, 0.25) is 5.28 Å². The highest BCUT2D eigenvalue weighted by Crippen LogP contribution is 2.28. The molecular weight excluding hydrogens is 220 g/mol. The maximum atomic E-state index is 5.77. The van der Waals surface area contributed by atoms with Gasteiger partial charge in [-0.05, 0) is 36.9 Å². The first-order valence-corrected chi connectivity index (χ1v) is 5.50. The molecule has 14 heavy (non-hydrogen) atoms. The Bertz CT molecular complexity index is 455. The fourth-order valence-corrected chi connectivity index (χ4v) is 2.08. The minimum Gasteiger partial charge on any atom is -0.474 e. The zero-order valence-electron chi connectivity index (χ0n) is 7.82. The van der Waals surface area contributed by atoms with Crippen LogP contribution in [-0.2, 0) is 0 Å². The number of fused-ring (bicyclic) bond motifs is 1. The molecule has 0 amide bonds. The molecule has 0 aliphatic carbocycles. The molecule has 2 rings (SSSR count). The standard InChI is InChI=1S/C9H9ClN2OS/c1-5(2)13-7-6-3-4-14-8(6)12-9(10)11-7/h3-5H,1-2H3. The van der Waals surface area contributed by atoms with Crippen molar-refractivity contribution in [2.75, 3.05) is 0 Å². The van der Waals surface area contributed by atoms with Gasteiger partial charge in [0.2, 0.25) is 11.2 Å². The molecule has 74 valence electrons. The smallest absolute Gasteiger partial charge is 0.227 e. The Morgan fingerprint density at radius 1 is 1.43 bits per heavy atom. The van der Waals surface area contributed by atoms with E-state index < -0.39 is 0 Å². The van der Waals surface area contributed by atoms with Crippen LogP contribution in [0.1, 0.15) is 13.8 Å². The second-order valence-corrected chi connectivity index (χ2v) is 4.34. The summed E-state index contributed by atoms with van der Waals surface area (Å²) in [5.74, 6) is 0.566. The van der Waals surface area contributed by atoms with Crippen molar-refractivity contribution < 1.29 is 4.74 Å². The monoisotopic (exact) mass is 228 g/mol. The lowest BCUT2D eigenvalue weighted by molar-refractivity contribution is 0.236. The van der Waals surface area contributed by atoms with Crippen molar-refractivity contribution in [2.24, 2.45) is 0 Å². The summed E-state index contributed by atoms with van der Waals surface area (Å²) >= 11 is 7.30. The van der Waals surface area contributed by atoms with Crippen molar-refractivity contribution in [3.8, 4) is 5.88 Å². The molecule has 0 unspecified atom stereocenters. The Hall–Kier alpha value is -0.870. The molecule has 0 fully saturated rings. The van der Waals surface area contributed by atoms with Crippen molar-refractivity contribution >= 4 is 33.2 Å².